The summed E-state index contributed by atoms with van der Waals surface area (Å²) in [6.45, 7) is 1.90. The van der Waals surface area contributed by atoms with E-state index in [-0.39, 0.29) is 5.82 Å². The van der Waals surface area contributed by atoms with Crippen LogP contribution >= 0.6 is 0 Å². The third-order valence-corrected chi connectivity index (χ3v) is 2.61. The lowest BCUT2D eigenvalue weighted by atomic mass is 10.1. The van der Waals surface area contributed by atoms with Crippen LogP contribution in [0.4, 0.5) is 10.2 Å². The highest BCUT2D eigenvalue weighted by atomic mass is 19.1. The van der Waals surface area contributed by atoms with Gasteiger partial charge in [-0.2, -0.15) is 0 Å². The highest BCUT2D eigenvalue weighted by Gasteiger charge is 2.11. The van der Waals surface area contributed by atoms with Gasteiger partial charge in [-0.05, 0) is 25.1 Å². The molecule has 2 aromatic rings. The van der Waals surface area contributed by atoms with Gasteiger partial charge in [-0.1, -0.05) is 0 Å². The number of benzene rings is 1. The van der Waals surface area contributed by atoms with E-state index in [1.807, 2.05) is 6.92 Å². The van der Waals surface area contributed by atoms with Crippen molar-refractivity contribution in [3.8, 4) is 17.1 Å². The smallest absolute Gasteiger partial charge is 0.165 e. The summed E-state index contributed by atoms with van der Waals surface area (Å²) in [6.07, 6.45) is 1.69. The van der Waals surface area contributed by atoms with Crippen molar-refractivity contribution < 1.29 is 9.13 Å². The van der Waals surface area contributed by atoms with Gasteiger partial charge in [-0.3, -0.25) is 0 Å². The molecule has 0 spiro atoms. The number of hydrogen-bond donors (Lipinski definition) is 1. The van der Waals surface area contributed by atoms with Gasteiger partial charge in [0, 0.05) is 18.8 Å². The first-order valence-electron chi connectivity index (χ1n) is 5.51. The van der Waals surface area contributed by atoms with Crippen molar-refractivity contribution in [3.63, 3.8) is 0 Å². The van der Waals surface area contributed by atoms with E-state index in [9.17, 15) is 4.39 Å². The number of hydrogen-bond acceptors (Lipinski definition) is 4. The summed E-state index contributed by atoms with van der Waals surface area (Å²) in [6, 6.07) is 4.27. The summed E-state index contributed by atoms with van der Waals surface area (Å²) in [4.78, 5) is 8.55. The molecule has 0 radical (unpaired) electrons. The van der Waals surface area contributed by atoms with E-state index >= 15 is 0 Å². The molecule has 0 aliphatic carbocycles. The lowest BCUT2D eigenvalue weighted by Gasteiger charge is -2.09. The Hall–Kier alpha value is -2.17. The molecule has 0 atom stereocenters. The van der Waals surface area contributed by atoms with Gasteiger partial charge in [-0.15, -0.1) is 0 Å². The third-order valence-electron chi connectivity index (χ3n) is 2.61. The molecule has 5 heteroatoms. The maximum absolute atomic E-state index is 13.3. The Bertz CT molecular complexity index is 572. The van der Waals surface area contributed by atoms with Gasteiger partial charge in [0.15, 0.2) is 5.82 Å². The minimum atomic E-state index is -0.346. The number of aromatic nitrogens is 2. The number of nitrogens with zero attached hydrogens (tertiary/aromatic N) is 2. The molecule has 0 aliphatic heterocycles. The maximum Gasteiger partial charge on any atom is 0.165 e. The molecule has 94 valence electrons. The van der Waals surface area contributed by atoms with Crippen LogP contribution < -0.4 is 10.1 Å². The summed E-state index contributed by atoms with van der Waals surface area (Å²) in [5.41, 5.74) is 1.46. The number of anilines is 1. The molecule has 0 saturated carbocycles. The van der Waals surface area contributed by atoms with Crippen LogP contribution in [0.1, 0.15) is 5.56 Å². The van der Waals surface area contributed by atoms with Crippen LogP contribution in [0.3, 0.4) is 0 Å². The normalized spacial score (nSPS) is 10.2. The van der Waals surface area contributed by atoms with Crippen LogP contribution in [0.15, 0.2) is 24.4 Å². The fourth-order valence-corrected chi connectivity index (χ4v) is 1.68. The Morgan fingerprint density at radius 1 is 1.33 bits per heavy atom. The molecule has 1 aromatic carbocycles. The van der Waals surface area contributed by atoms with Gasteiger partial charge in [0.25, 0.3) is 0 Å². The zero-order valence-electron chi connectivity index (χ0n) is 10.5. The van der Waals surface area contributed by atoms with Gasteiger partial charge in [0.2, 0.25) is 0 Å². The standard InChI is InChI=1S/C13H14FN3O/c1-8-7-16-13(17-12(8)15-2)10-6-9(14)4-5-11(10)18-3/h4-7H,1-3H3,(H,15,16,17). The lowest BCUT2D eigenvalue weighted by molar-refractivity contribution is 0.415. The zero-order chi connectivity index (χ0) is 13.1. The predicted octanol–water partition coefficient (Wildman–Crippen LogP) is 2.64. The number of nitrogens with one attached hydrogen (secondary N) is 1. The lowest BCUT2D eigenvalue weighted by Crippen LogP contribution is -2.00. The molecule has 0 unspecified atom stereocenters. The second-order valence-corrected chi connectivity index (χ2v) is 3.82. The molecular formula is C13H14FN3O. The van der Waals surface area contributed by atoms with Crippen molar-refractivity contribution in [1.29, 1.82) is 0 Å². The molecule has 4 nitrogen and oxygen atoms in total. The van der Waals surface area contributed by atoms with Crippen molar-refractivity contribution in [3.05, 3.63) is 35.8 Å². The monoisotopic (exact) mass is 247 g/mol. The minimum Gasteiger partial charge on any atom is -0.496 e. The van der Waals surface area contributed by atoms with Crippen molar-refractivity contribution in [2.45, 2.75) is 6.92 Å². The fraction of sp³-hybridized carbons (Fsp3) is 0.231. The quantitative estimate of drug-likeness (QED) is 0.905. The predicted molar refractivity (Wildman–Crippen MR) is 68.3 cm³/mol. The number of ether oxygens (including phenoxy) is 1. The SMILES string of the molecule is CNc1nc(-c2cc(F)ccc2OC)ncc1C. The summed E-state index contributed by atoms with van der Waals surface area (Å²) in [7, 11) is 3.31. The first kappa shape index (κ1) is 12.3. The van der Waals surface area contributed by atoms with Crippen LogP contribution in [-0.2, 0) is 0 Å². The molecule has 1 heterocycles. The molecule has 1 N–H and O–H groups in total. The molecular weight excluding hydrogens is 233 g/mol. The fourth-order valence-electron chi connectivity index (χ4n) is 1.68. The highest BCUT2D eigenvalue weighted by Crippen LogP contribution is 2.29. The Morgan fingerprint density at radius 2 is 2.11 bits per heavy atom. The zero-order valence-corrected chi connectivity index (χ0v) is 10.5. The Labute approximate surface area is 105 Å². The van der Waals surface area contributed by atoms with Crippen LogP contribution in [0.5, 0.6) is 5.75 Å². The number of halogens is 1. The second-order valence-electron chi connectivity index (χ2n) is 3.82. The number of aryl methyl sites for hydroxylation is 1. The van der Waals surface area contributed by atoms with Crippen LogP contribution in [0, 0.1) is 12.7 Å². The van der Waals surface area contributed by atoms with Gasteiger partial charge in [-0.25, -0.2) is 14.4 Å². The van der Waals surface area contributed by atoms with E-state index < -0.39 is 0 Å². The van der Waals surface area contributed by atoms with E-state index in [0.717, 1.165) is 5.56 Å². The molecule has 0 fully saturated rings. The van der Waals surface area contributed by atoms with Crippen LogP contribution in [0.25, 0.3) is 11.4 Å². The van der Waals surface area contributed by atoms with Crippen molar-refractivity contribution in [1.82, 2.24) is 9.97 Å². The topological polar surface area (TPSA) is 47.0 Å². The first-order valence-corrected chi connectivity index (χ1v) is 5.51. The van der Waals surface area contributed by atoms with E-state index in [0.29, 0.717) is 23.0 Å². The van der Waals surface area contributed by atoms with E-state index in [1.54, 1.807) is 19.3 Å². The van der Waals surface area contributed by atoms with Crippen molar-refractivity contribution >= 4 is 5.82 Å². The summed E-state index contributed by atoms with van der Waals surface area (Å²) in [5, 5.41) is 2.97. The average molecular weight is 247 g/mol. The van der Waals surface area contributed by atoms with E-state index in [2.05, 4.69) is 15.3 Å². The summed E-state index contributed by atoms with van der Waals surface area (Å²) in [5.74, 6) is 1.34. The highest BCUT2D eigenvalue weighted by molar-refractivity contribution is 5.65. The molecule has 1 aromatic heterocycles. The van der Waals surface area contributed by atoms with Gasteiger partial charge < -0.3 is 10.1 Å². The number of rotatable bonds is 3. The summed E-state index contributed by atoms with van der Waals surface area (Å²) >= 11 is 0. The average Bonchev–Trinajstić information content (AvgIpc) is 2.39. The maximum atomic E-state index is 13.3. The minimum absolute atomic E-state index is 0.346. The van der Waals surface area contributed by atoms with Crippen molar-refractivity contribution in [2.75, 3.05) is 19.5 Å². The van der Waals surface area contributed by atoms with Crippen LogP contribution in [0.2, 0.25) is 0 Å². The van der Waals surface area contributed by atoms with E-state index in [1.165, 1.54) is 19.2 Å². The summed E-state index contributed by atoms with van der Waals surface area (Å²) < 4.78 is 18.5. The van der Waals surface area contributed by atoms with Crippen molar-refractivity contribution in [2.24, 2.45) is 0 Å². The Morgan fingerprint density at radius 3 is 2.78 bits per heavy atom. The third kappa shape index (κ3) is 2.25. The molecule has 0 saturated heterocycles. The van der Waals surface area contributed by atoms with Gasteiger partial charge in [0.05, 0.1) is 12.7 Å². The molecule has 0 aliphatic rings. The molecule has 0 amide bonds. The van der Waals surface area contributed by atoms with Gasteiger partial charge >= 0.3 is 0 Å². The van der Waals surface area contributed by atoms with Crippen LogP contribution in [-0.4, -0.2) is 24.1 Å². The largest absolute Gasteiger partial charge is 0.496 e. The van der Waals surface area contributed by atoms with Gasteiger partial charge in [0.1, 0.15) is 17.4 Å². The first-order chi connectivity index (χ1) is 8.65. The van der Waals surface area contributed by atoms with E-state index in [4.69, 9.17) is 4.74 Å². The molecule has 18 heavy (non-hydrogen) atoms. The number of methoxy groups -OCH3 is 1. The second kappa shape index (κ2) is 5.00. The molecule has 2 rings (SSSR count). The Kier molecular flexibility index (Phi) is 3.41. The Balaban J connectivity index is 2.57. The molecule has 0 bridgehead atoms.